The summed E-state index contributed by atoms with van der Waals surface area (Å²) in [7, 11) is 0. The van der Waals surface area contributed by atoms with Crippen LogP contribution >= 0.6 is 11.6 Å². The maximum atomic E-state index is 6.70. The molecule has 0 heterocycles. The molecule has 0 atom stereocenters. The van der Waals surface area contributed by atoms with Gasteiger partial charge in [-0.3, -0.25) is 0 Å². The van der Waals surface area contributed by atoms with Crippen LogP contribution in [0.4, 0.5) is 0 Å². The molecule has 2 rings (SSSR count). The summed E-state index contributed by atoms with van der Waals surface area (Å²) in [6, 6.07) is 0. The number of hydrogen-bond acceptors (Lipinski definition) is 0. The summed E-state index contributed by atoms with van der Waals surface area (Å²) in [4.78, 5) is 0.0381. The predicted molar refractivity (Wildman–Crippen MR) is 178 cm³/mol. The second-order valence-corrected chi connectivity index (χ2v) is 21.6. The topological polar surface area (TPSA) is 0 Å². The van der Waals surface area contributed by atoms with Crippen LogP contribution < -0.4 is 0 Å². The van der Waals surface area contributed by atoms with E-state index in [2.05, 4.69) is 104 Å². The summed E-state index contributed by atoms with van der Waals surface area (Å²) in [6.45, 7) is 37.7. The molecule has 1 heteroatoms. The van der Waals surface area contributed by atoms with Crippen LogP contribution in [0.1, 0.15) is 187 Å². The minimum absolute atomic E-state index is 0.0381. The third-order valence-electron chi connectivity index (χ3n) is 11.2. The highest BCUT2D eigenvalue weighted by atomic mass is 35.5. The van der Waals surface area contributed by atoms with Gasteiger partial charge >= 0.3 is 0 Å². The number of halogens is 1. The maximum Gasteiger partial charge on any atom is 0.0419 e. The Hall–Kier alpha value is 0.290. The van der Waals surface area contributed by atoms with Crippen molar-refractivity contribution >= 4 is 11.6 Å². The zero-order valence-electron chi connectivity index (χ0n) is 29.7. The third-order valence-corrected chi connectivity index (χ3v) is 11.5. The molecule has 0 nitrogen and oxygen atoms in total. The van der Waals surface area contributed by atoms with Gasteiger partial charge < -0.3 is 0 Å². The molecular weight excluding hydrogens is 492 g/mol. The van der Waals surface area contributed by atoms with Crippen LogP contribution in [-0.2, 0) is 0 Å². The molecule has 2 fully saturated rings. The lowest BCUT2D eigenvalue weighted by atomic mass is 9.55. The molecule has 0 radical (unpaired) electrons. The standard InChI is InChI=1S/C38H73Cl/c1-31(2,3)24-32(4,5)26-35(10,11)29-16-20-37(14,21-17-29)28-34(8,9)25-33(6,7)27-36(12,13)30-18-22-38(15,39)23-19-30/h29-30H,16-28H2,1-15H3. The highest BCUT2D eigenvalue weighted by Crippen LogP contribution is 2.56. The van der Waals surface area contributed by atoms with Gasteiger partial charge in [-0.05, 0) is 140 Å². The van der Waals surface area contributed by atoms with Crippen LogP contribution in [0, 0.1) is 49.7 Å². The van der Waals surface area contributed by atoms with E-state index >= 15 is 0 Å². The van der Waals surface area contributed by atoms with Gasteiger partial charge in [-0.2, -0.15) is 0 Å². The van der Waals surface area contributed by atoms with Crippen molar-refractivity contribution in [2.75, 3.05) is 0 Å². The van der Waals surface area contributed by atoms with E-state index in [-0.39, 0.29) is 4.87 Å². The Kier molecular flexibility index (Phi) is 10.7. The van der Waals surface area contributed by atoms with Crippen LogP contribution in [0.15, 0.2) is 0 Å². The number of alkyl halides is 1. The van der Waals surface area contributed by atoms with Gasteiger partial charge in [0.15, 0.2) is 0 Å². The smallest absolute Gasteiger partial charge is 0.0419 e. The summed E-state index contributed by atoms with van der Waals surface area (Å²) >= 11 is 6.70. The Morgan fingerprint density at radius 3 is 1.26 bits per heavy atom. The second kappa shape index (κ2) is 11.8. The normalized spacial score (nSPS) is 30.5. The van der Waals surface area contributed by atoms with Crippen LogP contribution in [0.3, 0.4) is 0 Å². The molecule has 0 N–H and O–H groups in total. The highest BCUT2D eigenvalue weighted by Gasteiger charge is 2.45. The zero-order chi connectivity index (χ0) is 30.3. The Morgan fingerprint density at radius 1 is 0.513 bits per heavy atom. The quantitative estimate of drug-likeness (QED) is 0.219. The molecule has 2 saturated carbocycles. The Morgan fingerprint density at radius 2 is 0.872 bits per heavy atom. The molecule has 0 unspecified atom stereocenters. The van der Waals surface area contributed by atoms with Crippen molar-refractivity contribution in [3.8, 4) is 0 Å². The molecule has 39 heavy (non-hydrogen) atoms. The molecule has 0 aliphatic heterocycles. The second-order valence-electron chi connectivity index (χ2n) is 20.7. The lowest BCUT2D eigenvalue weighted by Gasteiger charge is -2.50. The van der Waals surface area contributed by atoms with Gasteiger partial charge in [0.25, 0.3) is 0 Å². The first kappa shape index (κ1) is 35.5. The van der Waals surface area contributed by atoms with Gasteiger partial charge in [-0.25, -0.2) is 0 Å². The molecule has 0 spiro atoms. The molecule has 2 aliphatic carbocycles. The van der Waals surface area contributed by atoms with E-state index in [0.717, 1.165) is 11.8 Å². The van der Waals surface area contributed by atoms with Crippen LogP contribution in [0.2, 0.25) is 0 Å². The summed E-state index contributed by atoms with van der Waals surface area (Å²) in [5, 5.41) is 0. The van der Waals surface area contributed by atoms with Crippen molar-refractivity contribution in [2.45, 2.75) is 192 Å². The van der Waals surface area contributed by atoms with Crippen molar-refractivity contribution in [1.29, 1.82) is 0 Å². The number of hydrogen-bond donors (Lipinski definition) is 0. The summed E-state index contributed by atoms with van der Waals surface area (Å²) in [6.07, 6.45) is 17.3. The van der Waals surface area contributed by atoms with E-state index in [4.69, 9.17) is 11.6 Å². The van der Waals surface area contributed by atoms with Gasteiger partial charge in [0.05, 0.1) is 0 Å². The molecule has 2 aliphatic rings. The fourth-order valence-electron chi connectivity index (χ4n) is 11.1. The first-order chi connectivity index (χ1) is 17.2. The van der Waals surface area contributed by atoms with Gasteiger partial charge in [0.1, 0.15) is 0 Å². The van der Waals surface area contributed by atoms with E-state index in [9.17, 15) is 0 Å². The molecule has 0 aromatic rings. The molecule has 0 aromatic heterocycles. The van der Waals surface area contributed by atoms with Crippen molar-refractivity contribution < 1.29 is 0 Å². The minimum atomic E-state index is 0.0381. The van der Waals surface area contributed by atoms with E-state index in [1.165, 1.54) is 83.5 Å². The first-order valence-corrected chi connectivity index (χ1v) is 17.2. The Balaban J connectivity index is 1.95. The summed E-state index contributed by atoms with van der Waals surface area (Å²) in [5.41, 5.74) is 2.87. The largest absolute Gasteiger partial charge is 0.120 e. The van der Waals surface area contributed by atoms with Crippen molar-refractivity contribution in [3.63, 3.8) is 0 Å². The van der Waals surface area contributed by atoms with E-state index in [0.29, 0.717) is 37.9 Å². The molecule has 0 aromatic carbocycles. The summed E-state index contributed by atoms with van der Waals surface area (Å²) in [5.74, 6) is 1.69. The van der Waals surface area contributed by atoms with Gasteiger partial charge in [-0.15, -0.1) is 11.6 Å². The molecule has 0 saturated heterocycles. The van der Waals surface area contributed by atoms with Crippen LogP contribution in [0.25, 0.3) is 0 Å². The lowest BCUT2D eigenvalue weighted by Crippen LogP contribution is -2.39. The molecule has 232 valence electrons. The fraction of sp³-hybridized carbons (Fsp3) is 1.00. The van der Waals surface area contributed by atoms with Gasteiger partial charge in [-0.1, -0.05) is 96.9 Å². The van der Waals surface area contributed by atoms with Crippen molar-refractivity contribution in [3.05, 3.63) is 0 Å². The Labute approximate surface area is 253 Å². The maximum absolute atomic E-state index is 6.70. The first-order valence-electron chi connectivity index (χ1n) is 16.8. The average Bonchev–Trinajstić information content (AvgIpc) is 2.62. The van der Waals surface area contributed by atoms with E-state index in [1.807, 2.05) is 0 Å². The van der Waals surface area contributed by atoms with Crippen LogP contribution in [0.5, 0.6) is 0 Å². The highest BCUT2D eigenvalue weighted by molar-refractivity contribution is 6.23. The fourth-order valence-corrected chi connectivity index (χ4v) is 11.3. The molecule has 0 amide bonds. The monoisotopic (exact) mass is 565 g/mol. The average molecular weight is 565 g/mol. The zero-order valence-corrected chi connectivity index (χ0v) is 30.5. The van der Waals surface area contributed by atoms with E-state index in [1.54, 1.807) is 0 Å². The number of rotatable bonds is 11. The lowest BCUT2D eigenvalue weighted by molar-refractivity contribution is 0.0108. The van der Waals surface area contributed by atoms with Gasteiger partial charge in [0.2, 0.25) is 0 Å². The van der Waals surface area contributed by atoms with Crippen LogP contribution in [-0.4, -0.2) is 4.87 Å². The van der Waals surface area contributed by atoms with Crippen molar-refractivity contribution in [1.82, 2.24) is 0 Å². The summed E-state index contributed by atoms with van der Waals surface area (Å²) < 4.78 is 0. The Bertz CT molecular complexity index is 766. The van der Waals surface area contributed by atoms with Crippen molar-refractivity contribution in [2.24, 2.45) is 49.7 Å². The molecule has 0 bridgehead atoms. The molecular formula is C38H73Cl. The third kappa shape index (κ3) is 11.5. The van der Waals surface area contributed by atoms with E-state index < -0.39 is 0 Å². The minimum Gasteiger partial charge on any atom is -0.120 e. The predicted octanol–water partition coefficient (Wildman–Crippen LogP) is 13.5. The SMILES string of the molecule is CC(C)(C)CC(C)(C)CC(C)(C)C1CCC(C)(CC(C)(C)CC(C)(C)CC(C)(C)C2CCC(C)(Cl)CC2)CC1. The van der Waals surface area contributed by atoms with Gasteiger partial charge in [0, 0.05) is 4.87 Å².